The van der Waals surface area contributed by atoms with E-state index in [2.05, 4.69) is 0 Å². The van der Waals surface area contributed by atoms with Crippen LogP contribution in [0, 0.1) is 10.1 Å². The van der Waals surface area contributed by atoms with Gasteiger partial charge in [-0.05, 0) is 23.8 Å². The Bertz CT molecular complexity index is 1080. The third-order valence-electron chi connectivity index (χ3n) is 3.54. The second kappa shape index (κ2) is 6.40. The van der Waals surface area contributed by atoms with Gasteiger partial charge in [0.15, 0.2) is 5.78 Å². The number of fused-ring (bicyclic) bond motifs is 1. The number of non-ortho nitro benzene ring substituents is 1. The Balaban J connectivity index is 1.99. The zero-order chi connectivity index (χ0) is 18.0. The lowest BCUT2D eigenvalue weighted by atomic mass is 10.1. The van der Waals surface area contributed by atoms with Gasteiger partial charge in [-0.25, -0.2) is 4.79 Å². The molecule has 0 atom stereocenters. The van der Waals surface area contributed by atoms with Crippen LogP contribution in [0.5, 0.6) is 5.75 Å². The summed E-state index contributed by atoms with van der Waals surface area (Å²) in [5.41, 5.74) is -0.982. The molecule has 0 aliphatic heterocycles. The van der Waals surface area contributed by atoms with Crippen molar-refractivity contribution >= 4 is 28.5 Å². The molecule has 0 fully saturated rings. The summed E-state index contributed by atoms with van der Waals surface area (Å²) in [6.07, 6.45) is 2.38. The van der Waals surface area contributed by atoms with Gasteiger partial charge in [0.2, 0.25) is 0 Å². The number of benzene rings is 2. The molecule has 7 heteroatoms. The van der Waals surface area contributed by atoms with Gasteiger partial charge in [0.05, 0.1) is 10.3 Å². The van der Waals surface area contributed by atoms with Crippen LogP contribution in [-0.2, 0) is 0 Å². The first-order valence-corrected chi connectivity index (χ1v) is 7.19. The molecule has 124 valence electrons. The van der Waals surface area contributed by atoms with Crippen molar-refractivity contribution in [3.63, 3.8) is 0 Å². The zero-order valence-electron chi connectivity index (χ0n) is 12.7. The van der Waals surface area contributed by atoms with Crippen molar-refractivity contribution in [2.75, 3.05) is 0 Å². The number of nitro groups is 1. The van der Waals surface area contributed by atoms with Crippen LogP contribution in [0.4, 0.5) is 5.69 Å². The highest BCUT2D eigenvalue weighted by molar-refractivity contribution is 6.10. The maximum absolute atomic E-state index is 12.3. The average molecular weight is 337 g/mol. The molecule has 0 unspecified atom stereocenters. The number of nitrogens with zero attached hydrogens (tertiary/aromatic N) is 1. The predicted octanol–water partition coefficient (Wildman–Crippen LogP) is 3.30. The Hall–Kier alpha value is -3.74. The number of nitro benzene ring substituents is 1. The van der Waals surface area contributed by atoms with Gasteiger partial charge in [-0.1, -0.05) is 30.3 Å². The fourth-order valence-corrected chi connectivity index (χ4v) is 2.35. The van der Waals surface area contributed by atoms with Crippen LogP contribution in [0.2, 0.25) is 0 Å². The number of allylic oxidation sites excluding steroid dienone is 1. The molecular weight excluding hydrogens is 326 g/mol. The first kappa shape index (κ1) is 16.1. The molecule has 0 saturated carbocycles. The maximum atomic E-state index is 12.3. The van der Waals surface area contributed by atoms with E-state index in [1.54, 1.807) is 18.2 Å². The van der Waals surface area contributed by atoms with Gasteiger partial charge >= 0.3 is 5.63 Å². The molecule has 0 bridgehead atoms. The van der Waals surface area contributed by atoms with Gasteiger partial charge in [-0.3, -0.25) is 14.9 Å². The summed E-state index contributed by atoms with van der Waals surface area (Å²) in [4.78, 5) is 34.5. The lowest BCUT2D eigenvalue weighted by molar-refractivity contribution is -0.384. The standard InChI is InChI=1S/C18H11NO6/c20-14(9-8-11-4-3-5-12(10-11)19(23)24)16-17(21)13-6-1-2-7-15(13)25-18(16)22/h1-10,21H/b9-8+. The second-order valence-electron chi connectivity index (χ2n) is 5.16. The number of aromatic hydroxyl groups is 1. The Morgan fingerprint density at radius 1 is 1.16 bits per heavy atom. The highest BCUT2D eigenvalue weighted by atomic mass is 16.6. The number of carbonyl (C=O) groups is 1. The van der Waals surface area contributed by atoms with Crippen molar-refractivity contribution in [3.05, 3.63) is 86.3 Å². The number of para-hydroxylation sites is 1. The van der Waals surface area contributed by atoms with E-state index in [4.69, 9.17) is 4.42 Å². The maximum Gasteiger partial charge on any atom is 0.351 e. The molecule has 1 aromatic heterocycles. The fraction of sp³-hybridized carbons (Fsp3) is 0. The first-order chi connectivity index (χ1) is 12.0. The molecular formula is C18H11NO6. The summed E-state index contributed by atoms with van der Waals surface area (Å²) in [7, 11) is 0. The van der Waals surface area contributed by atoms with Crippen molar-refractivity contribution < 1.29 is 19.2 Å². The van der Waals surface area contributed by atoms with E-state index in [1.165, 1.54) is 36.4 Å². The molecule has 3 aromatic rings. The molecule has 3 rings (SSSR count). The van der Waals surface area contributed by atoms with Crippen molar-refractivity contribution in [2.45, 2.75) is 0 Å². The molecule has 25 heavy (non-hydrogen) atoms. The molecule has 0 amide bonds. The number of hydrogen-bond acceptors (Lipinski definition) is 6. The van der Waals surface area contributed by atoms with Gasteiger partial charge in [0.25, 0.3) is 5.69 Å². The third kappa shape index (κ3) is 3.16. The van der Waals surface area contributed by atoms with Gasteiger partial charge in [0.1, 0.15) is 16.9 Å². The van der Waals surface area contributed by atoms with E-state index in [-0.39, 0.29) is 16.7 Å². The van der Waals surface area contributed by atoms with Crippen LogP contribution in [0.25, 0.3) is 17.0 Å². The minimum atomic E-state index is -0.954. The Morgan fingerprint density at radius 2 is 1.92 bits per heavy atom. The van der Waals surface area contributed by atoms with Crippen molar-refractivity contribution in [1.29, 1.82) is 0 Å². The van der Waals surface area contributed by atoms with Gasteiger partial charge in [-0.15, -0.1) is 0 Å². The van der Waals surface area contributed by atoms with Crippen molar-refractivity contribution in [2.24, 2.45) is 0 Å². The summed E-state index contributed by atoms with van der Waals surface area (Å²) in [5, 5.41) is 21.2. The molecule has 0 aliphatic carbocycles. The van der Waals surface area contributed by atoms with Crippen LogP contribution in [0.1, 0.15) is 15.9 Å². The monoisotopic (exact) mass is 337 g/mol. The van der Waals surface area contributed by atoms with E-state index >= 15 is 0 Å². The first-order valence-electron chi connectivity index (χ1n) is 7.19. The Morgan fingerprint density at radius 3 is 2.68 bits per heavy atom. The molecule has 7 nitrogen and oxygen atoms in total. The molecule has 1 heterocycles. The number of rotatable bonds is 4. The quantitative estimate of drug-likeness (QED) is 0.257. The van der Waals surface area contributed by atoms with E-state index in [1.807, 2.05) is 0 Å². The minimum Gasteiger partial charge on any atom is -0.506 e. The normalized spacial score (nSPS) is 11.0. The van der Waals surface area contributed by atoms with Crippen LogP contribution in [-0.4, -0.2) is 15.8 Å². The van der Waals surface area contributed by atoms with Crippen LogP contribution >= 0.6 is 0 Å². The van der Waals surface area contributed by atoms with Gasteiger partial charge in [0, 0.05) is 12.1 Å². The van der Waals surface area contributed by atoms with Crippen LogP contribution < -0.4 is 5.63 Å². The lowest BCUT2D eigenvalue weighted by Gasteiger charge is -2.03. The van der Waals surface area contributed by atoms with E-state index in [0.29, 0.717) is 5.56 Å². The zero-order valence-corrected chi connectivity index (χ0v) is 12.7. The molecule has 0 saturated heterocycles. The summed E-state index contributed by atoms with van der Waals surface area (Å²) in [6.45, 7) is 0. The number of ketones is 1. The van der Waals surface area contributed by atoms with E-state index in [9.17, 15) is 24.8 Å². The van der Waals surface area contributed by atoms with Gasteiger partial charge in [-0.2, -0.15) is 0 Å². The smallest absolute Gasteiger partial charge is 0.351 e. The van der Waals surface area contributed by atoms with Crippen molar-refractivity contribution in [1.82, 2.24) is 0 Å². The third-order valence-corrected chi connectivity index (χ3v) is 3.54. The molecule has 2 aromatic carbocycles. The fourth-order valence-electron chi connectivity index (χ4n) is 2.35. The van der Waals surface area contributed by atoms with E-state index in [0.717, 1.165) is 6.08 Å². The molecule has 0 radical (unpaired) electrons. The molecule has 1 N–H and O–H groups in total. The largest absolute Gasteiger partial charge is 0.506 e. The average Bonchev–Trinajstić information content (AvgIpc) is 2.60. The topological polar surface area (TPSA) is 111 Å². The SMILES string of the molecule is O=C(/C=C/c1cccc([N+](=O)[O-])c1)c1c(O)c2ccccc2oc1=O. The summed E-state index contributed by atoms with van der Waals surface area (Å²) in [6, 6.07) is 11.9. The summed E-state index contributed by atoms with van der Waals surface area (Å²) in [5.74, 6) is -1.22. The number of carbonyl (C=O) groups excluding carboxylic acids is 1. The predicted molar refractivity (Wildman–Crippen MR) is 90.6 cm³/mol. The Kier molecular flexibility index (Phi) is 4.13. The number of hydrogen-bond donors (Lipinski definition) is 1. The summed E-state index contributed by atoms with van der Waals surface area (Å²) >= 11 is 0. The van der Waals surface area contributed by atoms with Crippen molar-refractivity contribution in [3.8, 4) is 5.75 Å². The van der Waals surface area contributed by atoms with Crippen LogP contribution in [0.3, 0.4) is 0 Å². The van der Waals surface area contributed by atoms with Crippen LogP contribution in [0.15, 0.2) is 63.8 Å². The molecule has 0 aliphatic rings. The molecule has 0 spiro atoms. The highest BCUT2D eigenvalue weighted by Gasteiger charge is 2.18. The highest BCUT2D eigenvalue weighted by Crippen LogP contribution is 2.26. The summed E-state index contributed by atoms with van der Waals surface area (Å²) < 4.78 is 5.04. The Labute approximate surface area is 140 Å². The van der Waals surface area contributed by atoms with Gasteiger partial charge < -0.3 is 9.52 Å². The second-order valence-corrected chi connectivity index (χ2v) is 5.16. The minimum absolute atomic E-state index is 0.123. The lowest BCUT2D eigenvalue weighted by Crippen LogP contribution is -2.12. The van der Waals surface area contributed by atoms with E-state index < -0.39 is 27.6 Å².